The zero-order valence-corrected chi connectivity index (χ0v) is 11.4. The van der Waals surface area contributed by atoms with Crippen LogP contribution in [0.3, 0.4) is 0 Å². The molecule has 1 aromatic carbocycles. The van der Waals surface area contributed by atoms with Crippen LogP contribution in [0.5, 0.6) is 0 Å². The third-order valence-corrected chi connectivity index (χ3v) is 3.10. The highest BCUT2D eigenvalue weighted by molar-refractivity contribution is 5.81. The van der Waals surface area contributed by atoms with E-state index in [2.05, 4.69) is 0 Å². The van der Waals surface area contributed by atoms with Crippen molar-refractivity contribution in [2.24, 2.45) is 5.41 Å². The van der Waals surface area contributed by atoms with Crippen LogP contribution in [0.25, 0.3) is 0 Å². The monoisotopic (exact) mass is 248 g/mol. The Morgan fingerprint density at radius 3 is 2.33 bits per heavy atom. The topological polar surface area (TPSA) is 35.5 Å². The van der Waals surface area contributed by atoms with Crippen molar-refractivity contribution >= 4 is 5.97 Å². The van der Waals surface area contributed by atoms with Crippen molar-refractivity contribution in [1.29, 1.82) is 0 Å². The summed E-state index contributed by atoms with van der Waals surface area (Å²) in [6.45, 7) is 7.80. The molecule has 0 unspecified atom stereocenters. The molecule has 3 nitrogen and oxygen atoms in total. The first-order chi connectivity index (χ1) is 8.31. The van der Waals surface area contributed by atoms with Crippen LogP contribution in [0.15, 0.2) is 30.3 Å². The Labute approximate surface area is 108 Å². The van der Waals surface area contributed by atoms with Crippen LogP contribution in [-0.2, 0) is 20.7 Å². The van der Waals surface area contributed by atoms with Gasteiger partial charge in [-0.15, -0.1) is 0 Å². The van der Waals surface area contributed by atoms with Crippen LogP contribution in [0.4, 0.5) is 0 Å². The maximum atomic E-state index is 12.0. The molecule has 0 bridgehead atoms. The molecule has 2 atom stereocenters. The minimum absolute atomic E-state index is 0.204. The molecular weight excluding hydrogens is 228 g/mol. The lowest BCUT2D eigenvalue weighted by Crippen LogP contribution is -2.36. The second-order valence-corrected chi connectivity index (χ2v) is 6.11. The van der Waals surface area contributed by atoms with Crippen molar-refractivity contribution in [2.45, 2.75) is 46.0 Å². The molecule has 18 heavy (non-hydrogen) atoms. The van der Waals surface area contributed by atoms with Crippen molar-refractivity contribution in [2.75, 3.05) is 0 Å². The lowest BCUT2D eigenvalue weighted by atomic mass is 9.95. The first kappa shape index (κ1) is 13.1. The summed E-state index contributed by atoms with van der Waals surface area (Å²) < 4.78 is 11.2. The Morgan fingerprint density at radius 2 is 1.83 bits per heavy atom. The van der Waals surface area contributed by atoms with E-state index >= 15 is 0 Å². The molecule has 1 saturated heterocycles. The van der Waals surface area contributed by atoms with Crippen molar-refractivity contribution in [1.82, 2.24) is 0 Å². The van der Waals surface area contributed by atoms with E-state index < -0.39 is 11.9 Å². The quantitative estimate of drug-likeness (QED) is 0.755. The van der Waals surface area contributed by atoms with Gasteiger partial charge >= 0.3 is 5.97 Å². The molecule has 0 radical (unpaired) electrons. The van der Waals surface area contributed by atoms with Crippen LogP contribution < -0.4 is 0 Å². The molecule has 1 heterocycles. The Kier molecular flexibility index (Phi) is 3.20. The summed E-state index contributed by atoms with van der Waals surface area (Å²) >= 11 is 0. The van der Waals surface area contributed by atoms with Crippen molar-refractivity contribution < 1.29 is 14.3 Å². The number of ether oxygens (including phenoxy) is 2. The molecule has 1 fully saturated rings. The smallest absolute Gasteiger partial charge is 0.340 e. The van der Waals surface area contributed by atoms with Gasteiger partial charge in [-0.05, 0) is 12.5 Å². The molecule has 3 heteroatoms. The Balaban J connectivity index is 2.15. The molecule has 0 aromatic heterocycles. The van der Waals surface area contributed by atoms with E-state index in [0.29, 0.717) is 6.42 Å². The first-order valence-corrected chi connectivity index (χ1v) is 6.24. The normalized spacial score (nSPS) is 28.2. The van der Waals surface area contributed by atoms with E-state index in [0.717, 1.165) is 5.56 Å². The molecule has 0 aliphatic carbocycles. The van der Waals surface area contributed by atoms with Gasteiger partial charge in [-0.1, -0.05) is 51.1 Å². The maximum absolute atomic E-state index is 12.0. The van der Waals surface area contributed by atoms with E-state index in [9.17, 15) is 4.79 Å². The van der Waals surface area contributed by atoms with Crippen molar-refractivity contribution in [3.05, 3.63) is 35.9 Å². The van der Waals surface area contributed by atoms with E-state index in [1.807, 2.05) is 51.1 Å². The Bertz CT molecular complexity index is 433. The summed E-state index contributed by atoms with van der Waals surface area (Å²) in [6.07, 6.45) is 0.0675. The van der Waals surface area contributed by atoms with Gasteiger partial charge in [0.05, 0.1) is 0 Å². The van der Waals surface area contributed by atoms with Crippen LogP contribution in [0.1, 0.15) is 33.3 Å². The molecule has 1 aliphatic heterocycles. The Morgan fingerprint density at radius 1 is 1.22 bits per heavy atom. The van der Waals surface area contributed by atoms with Gasteiger partial charge in [0.1, 0.15) is 0 Å². The number of esters is 1. The summed E-state index contributed by atoms with van der Waals surface area (Å²) in [6, 6.07) is 9.86. The van der Waals surface area contributed by atoms with Gasteiger partial charge in [0.2, 0.25) is 6.29 Å². The molecular formula is C15H20O3. The lowest BCUT2D eigenvalue weighted by molar-refractivity contribution is -0.155. The van der Waals surface area contributed by atoms with Crippen LogP contribution >= 0.6 is 0 Å². The molecule has 2 rings (SSSR count). The number of benzene rings is 1. The molecule has 0 saturated carbocycles. The summed E-state index contributed by atoms with van der Waals surface area (Å²) in [5, 5.41) is 0. The van der Waals surface area contributed by atoms with Crippen LogP contribution in [0, 0.1) is 5.41 Å². The third kappa shape index (κ3) is 2.56. The summed E-state index contributed by atoms with van der Waals surface area (Å²) in [5.41, 5.74) is -0.00448. The SMILES string of the molecule is CC(C)(C)[C@@H]1OC(=O)[C@@](C)(Cc2ccccc2)O1. The van der Waals surface area contributed by atoms with E-state index in [1.165, 1.54) is 0 Å². The Hall–Kier alpha value is -1.35. The lowest BCUT2D eigenvalue weighted by Gasteiger charge is -2.26. The number of hydrogen-bond donors (Lipinski definition) is 0. The van der Waals surface area contributed by atoms with Gasteiger partial charge in [0.15, 0.2) is 5.60 Å². The van der Waals surface area contributed by atoms with Gasteiger partial charge < -0.3 is 9.47 Å². The highest BCUT2D eigenvalue weighted by Gasteiger charge is 2.50. The van der Waals surface area contributed by atoms with Gasteiger partial charge in [0, 0.05) is 11.8 Å². The standard InChI is InChI=1S/C15H20O3/c1-14(2,3)13-17-12(16)15(4,18-13)10-11-8-6-5-7-9-11/h5-9,13H,10H2,1-4H3/t13-,15-/m1/s1. The number of cyclic esters (lactones) is 1. The number of carbonyl (C=O) groups is 1. The van der Waals surface area contributed by atoms with Crippen molar-refractivity contribution in [3.8, 4) is 0 Å². The zero-order chi connectivity index (χ0) is 13.4. The minimum Gasteiger partial charge on any atom is -0.433 e. The highest BCUT2D eigenvalue weighted by Crippen LogP contribution is 2.36. The number of rotatable bonds is 2. The minimum atomic E-state index is -0.876. The number of carbonyl (C=O) groups excluding carboxylic acids is 1. The van der Waals surface area contributed by atoms with Gasteiger partial charge in [-0.3, -0.25) is 0 Å². The molecule has 98 valence electrons. The molecule has 1 aromatic rings. The average molecular weight is 248 g/mol. The van der Waals surface area contributed by atoms with E-state index in [1.54, 1.807) is 6.92 Å². The third-order valence-electron chi connectivity index (χ3n) is 3.10. The van der Waals surface area contributed by atoms with E-state index in [-0.39, 0.29) is 11.4 Å². The second-order valence-electron chi connectivity index (χ2n) is 6.11. The fourth-order valence-electron chi connectivity index (χ4n) is 1.98. The van der Waals surface area contributed by atoms with E-state index in [4.69, 9.17) is 9.47 Å². The highest BCUT2D eigenvalue weighted by atomic mass is 16.8. The molecule has 1 aliphatic rings. The van der Waals surface area contributed by atoms with Crippen molar-refractivity contribution in [3.63, 3.8) is 0 Å². The fraction of sp³-hybridized carbons (Fsp3) is 0.533. The fourth-order valence-corrected chi connectivity index (χ4v) is 1.98. The summed E-state index contributed by atoms with van der Waals surface area (Å²) in [4.78, 5) is 12.0. The number of hydrogen-bond acceptors (Lipinski definition) is 3. The molecule has 0 spiro atoms. The molecule has 0 amide bonds. The summed E-state index contributed by atoms with van der Waals surface area (Å²) in [5.74, 6) is -0.272. The predicted molar refractivity (Wildman–Crippen MR) is 69.0 cm³/mol. The summed E-state index contributed by atoms with van der Waals surface area (Å²) in [7, 11) is 0. The predicted octanol–water partition coefficient (Wildman–Crippen LogP) is 2.93. The van der Waals surface area contributed by atoms with Gasteiger partial charge in [-0.2, -0.15) is 0 Å². The van der Waals surface area contributed by atoms with Gasteiger partial charge in [-0.25, -0.2) is 4.79 Å². The largest absolute Gasteiger partial charge is 0.433 e. The van der Waals surface area contributed by atoms with Crippen LogP contribution in [-0.4, -0.2) is 17.9 Å². The van der Waals surface area contributed by atoms with Gasteiger partial charge in [0.25, 0.3) is 0 Å². The van der Waals surface area contributed by atoms with Crippen LogP contribution in [0.2, 0.25) is 0 Å². The second kappa shape index (κ2) is 4.39. The molecule has 0 N–H and O–H groups in total. The maximum Gasteiger partial charge on any atom is 0.340 e. The first-order valence-electron chi connectivity index (χ1n) is 6.24. The zero-order valence-electron chi connectivity index (χ0n) is 11.4. The average Bonchev–Trinajstić information content (AvgIpc) is 2.56.